The van der Waals surface area contributed by atoms with Crippen molar-refractivity contribution in [3.63, 3.8) is 0 Å². The van der Waals surface area contributed by atoms with Crippen LogP contribution < -0.4 is 5.63 Å². The van der Waals surface area contributed by atoms with Crippen LogP contribution in [0.3, 0.4) is 0 Å². The van der Waals surface area contributed by atoms with Crippen LogP contribution in [0, 0.1) is 28.6 Å². The third-order valence-electron chi connectivity index (χ3n) is 9.89. The van der Waals surface area contributed by atoms with Crippen LogP contribution in [-0.4, -0.2) is 33.1 Å². The van der Waals surface area contributed by atoms with Gasteiger partial charge in [-0.3, -0.25) is 0 Å². The van der Waals surface area contributed by atoms with Gasteiger partial charge in [-0.15, -0.1) is 0 Å². The van der Waals surface area contributed by atoms with Crippen LogP contribution in [0.15, 0.2) is 27.6 Å². The highest BCUT2D eigenvalue weighted by atomic mass is 16.4. The molecule has 0 radical (unpaired) electrons. The van der Waals surface area contributed by atoms with Crippen LogP contribution in [-0.2, 0) is 0 Å². The standard InChI is InChI=1S/C24H34O5/c1-22-9-7-16(25)11-15(22)4-5-18-21(22)19(26)12-23(2)17(8-10-24(18,23)28)14-3-6-20(27)29-13-14/h3,6,13,15-19,21,25-26,28H,4-5,7-12H2,1-2H3/t15-,16-,17-,18+,19+,21-,22-,23+,24-/m0/s1. The molecule has 1 aromatic heterocycles. The second-order valence-corrected chi connectivity index (χ2v) is 10.9. The van der Waals surface area contributed by atoms with E-state index in [9.17, 15) is 20.1 Å². The Balaban J connectivity index is 1.52. The molecule has 29 heavy (non-hydrogen) atoms. The fourth-order valence-corrected chi connectivity index (χ4v) is 8.41. The molecule has 5 nitrogen and oxygen atoms in total. The zero-order valence-electron chi connectivity index (χ0n) is 17.5. The topological polar surface area (TPSA) is 90.9 Å². The maximum absolute atomic E-state index is 12.2. The largest absolute Gasteiger partial charge is 0.431 e. The molecular formula is C24H34O5. The Bertz CT molecular complexity index is 829. The summed E-state index contributed by atoms with van der Waals surface area (Å²) in [6, 6.07) is 3.28. The number of hydrogen-bond acceptors (Lipinski definition) is 5. The number of rotatable bonds is 1. The summed E-state index contributed by atoms with van der Waals surface area (Å²) in [4.78, 5) is 11.4. The molecule has 0 spiro atoms. The van der Waals surface area contributed by atoms with Crippen molar-refractivity contribution in [1.82, 2.24) is 0 Å². The second kappa shape index (κ2) is 6.41. The molecule has 0 saturated heterocycles. The Morgan fingerprint density at radius 3 is 2.59 bits per heavy atom. The summed E-state index contributed by atoms with van der Waals surface area (Å²) in [5.41, 5.74) is -0.681. The van der Waals surface area contributed by atoms with E-state index in [0.29, 0.717) is 12.3 Å². The number of hydrogen-bond donors (Lipinski definition) is 3. The molecule has 0 unspecified atom stereocenters. The first-order chi connectivity index (χ1) is 13.7. The first kappa shape index (κ1) is 19.8. The Hall–Kier alpha value is -1.17. The lowest BCUT2D eigenvalue weighted by Crippen LogP contribution is -2.66. The van der Waals surface area contributed by atoms with Gasteiger partial charge in [0.25, 0.3) is 0 Å². The molecule has 4 fully saturated rings. The van der Waals surface area contributed by atoms with Crippen molar-refractivity contribution in [2.24, 2.45) is 28.6 Å². The van der Waals surface area contributed by atoms with E-state index in [2.05, 4.69) is 13.8 Å². The van der Waals surface area contributed by atoms with E-state index in [-0.39, 0.29) is 34.9 Å². The lowest BCUT2D eigenvalue weighted by Gasteiger charge is -2.65. The summed E-state index contributed by atoms with van der Waals surface area (Å²) < 4.78 is 5.14. The summed E-state index contributed by atoms with van der Waals surface area (Å²) in [5.74, 6) is 0.662. The lowest BCUT2D eigenvalue weighted by atomic mass is 9.42. The zero-order valence-corrected chi connectivity index (χ0v) is 17.5. The highest BCUT2D eigenvalue weighted by Gasteiger charge is 2.69. The highest BCUT2D eigenvalue weighted by molar-refractivity contribution is 5.28. The van der Waals surface area contributed by atoms with Gasteiger partial charge >= 0.3 is 5.63 Å². The summed E-state index contributed by atoms with van der Waals surface area (Å²) in [6.45, 7) is 4.43. The molecule has 5 heteroatoms. The highest BCUT2D eigenvalue weighted by Crippen LogP contribution is 2.70. The van der Waals surface area contributed by atoms with Crippen LogP contribution in [0.5, 0.6) is 0 Å². The van der Waals surface area contributed by atoms with Gasteiger partial charge in [0, 0.05) is 11.5 Å². The van der Waals surface area contributed by atoms with E-state index in [1.54, 1.807) is 6.26 Å². The van der Waals surface area contributed by atoms with Gasteiger partial charge in [0.05, 0.1) is 24.1 Å². The minimum atomic E-state index is -0.818. The van der Waals surface area contributed by atoms with Gasteiger partial charge in [0.15, 0.2) is 0 Å². The minimum Gasteiger partial charge on any atom is -0.431 e. The van der Waals surface area contributed by atoms with E-state index in [1.807, 2.05) is 6.07 Å². The maximum atomic E-state index is 12.2. The minimum absolute atomic E-state index is 0.0176. The molecule has 9 atom stereocenters. The summed E-state index contributed by atoms with van der Waals surface area (Å²) in [5, 5.41) is 33.8. The van der Waals surface area contributed by atoms with Crippen molar-refractivity contribution >= 4 is 0 Å². The van der Waals surface area contributed by atoms with Crippen LogP contribution in [0.2, 0.25) is 0 Å². The van der Waals surface area contributed by atoms with Gasteiger partial charge in [-0.1, -0.05) is 13.8 Å². The van der Waals surface area contributed by atoms with Crippen LogP contribution in [0.25, 0.3) is 0 Å². The number of fused-ring (bicyclic) bond motifs is 5. The van der Waals surface area contributed by atoms with E-state index < -0.39 is 17.1 Å². The predicted octanol–water partition coefficient (Wildman–Crippen LogP) is 3.21. The molecule has 1 aromatic rings. The Kier molecular flexibility index (Phi) is 4.37. The van der Waals surface area contributed by atoms with Crippen molar-refractivity contribution in [3.8, 4) is 0 Å². The molecular weight excluding hydrogens is 368 g/mol. The fraction of sp³-hybridized carbons (Fsp3) is 0.792. The molecule has 1 heterocycles. The SMILES string of the molecule is C[C@]12CC[C@H](O)C[C@@H]1CC[C@@H]1[C@H]2[C@H](O)C[C@]2(C)[C@H](c3ccc(=O)oc3)CC[C@]12O. The second-order valence-electron chi connectivity index (χ2n) is 10.9. The monoisotopic (exact) mass is 402 g/mol. The van der Waals surface area contributed by atoms with Crippen LogP contribution >= 0.6 is 0 Å². The predicted molar refractivity (Wildman–Crippen MR) is 108 cm³/mol. The first-order valence-electron chi connectivity index (χ1n) is 11.4. The third kappa shape index (κ3) is 2.60. The third-order valence-corrected chi connectivity index (χ3v) is 9.89. The summed E-state index contributed by atoms with van der Waals surface area (Å²) >= 11 is 0. The van der Waals surface area contributed by atoms with Crippen molar-refractivity contribution in [1.29, 1.82) is 0 Å². The molecule has 4 saturated carbocycles. The molecule has 0 amide bonds. The molecule has 4 aliphatic carbocycles. The van der Waals surface area contributed by atoms with Crippen molar-refractivity contribution in [2.45, 2.75) is 88.9 Å². The molecule has 0 aromatic carbocycles. The molecule has 0 aliphatic heterocycles. The summed E-state index contributed by atoms with van der Waals surface area (Å²) in [7, 11) is 0. The Morgan fingerprint density at radius 2 is 1.86 bits per heavy atom. The molecule has 5 rings (SSSR count). The van der Waals surface area contributed by atoms with Gasteiger partial charge in [0.1, 0.15) is 0 Å². The molecule has 4 aliphatic rings. The van der Waals surface area contributed by atoms with Crippen molar-refractivity contribution in [2.75, 3.05) is 0 Å². The first-order valence-corrected chi connectivity index (χ1v) is 11.4. The maximum Gasteiger partial charge on any atom is 0.335 e. The lowest BCUT2D eigenvalue weighted by molar-refractivity contribution is -0.239. The van der Waals surface area contributed by atoms with Crippen LogP contribution in [0.1, 0.15) is 76.7 Å². The van der Waals surface area contributed by atoms with E-state index >= 15 is 0 Å². The quantitative estimate of drug-likeness (QED) is 0.671. The van der Waals surface area contributed by atoms with E-state index in [4.69, 9.17) is 4.42 Å². The van der Waals surface area contributed by atoms with Gasteiger partial charge in [-0.05, 0) is 92.1 Å². The summed E-state index contributed by atoms with van der Waals surface area (Å²) in [6.07, 6.45) is 7.49. The molecule has 3 N–H and O–H groups in total. The molecule has 0 bridgehead atoms. The van der Waals surface area contributed by atoms with Gasteiger partial charge < -0.3 is 19.7 Å². The van der Waals surface area contributed by atoms with Crippen molar-refractivity contribution < 1.29 is 19.7 Å². The van der Waals surface area contributed by atoms with Gasteiger partial charge in [-0.2, -0.15) is 0 Å². The smallest absolute Gasteiger partial charge is 0.335 e. The normalized spacial score (nSPS) is 51.8. The van der Waals surface area contributed by atoms with Crippen molar-refractivity contribution in [3.05, 3.63) is 34.4 Å². The van der Waals surface area contributed by atoms with Gasteiger partial charge in [0.2, 0.25) is 0 Å². The van der Waals surface area contributed by atoms with Gasteiger partial charge in [-0.25, -0.2) is 4.79 Å². The van der Waals surface area contributed by atoms with E-state index in [1.165, 1.54) is 6.07 Å². The molecule has 160 valence electrons. The van der Waals surface area contributed by atoms with Crippen LogP contribution in [0.4, 0.5) is 0 Å². The number of aliphatic hydroxyl groups is 3. The Labute approximate surface area is 172 Å². The number of aliphatic hydroxyl groups excluding tert-OH is 2. The fourth-order valence-electron chi connectivity index (χ4n) is 8.41. The average molecular weight is 403 g/mol. The zero-order chi connectivity index (χ0) is 20.6. The van der Waals surface area contributed by atoms with E-state index in [0.717, 1.165) is 50.5 Å². The average Bonchev–Trinajstić information content (AvgIpc) is 2.94. The Morgan fingerprint density at radius 1 is 1.07 bits per heavy atom.